The molecular formula is C13H20N2O2. The smallest absolute Gasteiger partial charge is 0.270 e. The summed E-state index contributed by atoms with van der Waals surface area (Å²) >= 11 is 0. The highest BCUT2D eigenvalue weighted by Crippen LogP contribution is 2.18. The third-order valence-electron chi connectivity index (χ3n) is 3.55. The van der Waals surface area contributed by atoms with Crippen molar-refractivity contribution in [3.8, 4) is 0 Å². The molecule has 1 aliphatic heterocycles. The molecule has 1 aliphatic rings. The topological polar surface area (TPSA) is 45.5 Å². The predicted molar refractivity (Wildman–Crippen MR) is 65.8 cm³/mol. The third kappa shape index (κ3) is 2.52. The van der Waals surface area contributed by atoms with Gasteiger partial charge in [-0.1, -0.05) is 0 Å². The van der Waals surface area contributed by atoms with Crippen LogP contribution in [0.5, 0.6) is 0 Å². The van der Waals surface area contributed by atoms with E-state index in [1.807, 2.05) is 34.7 Å². The number of aryl methyl sites for hydroxylation is 1. The summed E-state index contributed by atoms with van der Waals surface area (Å²) < 4.78 is 1.97. The number of aliphatic hydroxyl groups excluding tert-OH is 1. The first-order chi connectivity index (χ1) is 8.26. The molecule has 0 radical (unpaired) electrons. The highest BCUT2D eigenvalue weighted by atomic mass is 16.3. The molecule has 2 rings (SSSR count). The van der Waals surface area contributed by atoms with Crippen molar-refractivity contribution in [2.24, 2.45) is 5.92 Å². The van der Waals surface area contributed by atoms with Crippen molar-refractivity contribution in [2.75, 3.05) is 19.7 Å². The second-order valence-electron chi connectivity index (χ2n) is 4.60. The van der Waals surface area contributed by atoms with E-state index in [-0.39, 0.29) is 12.5 Å². The van der Waals surface area contributed by atoms with Crippen molar-refractivity contribution in [3.05, 3.63) is 24.0 Å². The van der Waals surface area contributed by atoms with Gasteiger partial charge in [-0.3, -0.25) is 4.79 Å². The monoisotopic (exact) mass is 236 g/mol. The first-order valence-corrected chi connectivity index (χ1v) is 6.31. The summed E-state index contributed by atoms with van der Waals surface area (Å²) in [4.78, 5) is 14.2. The molecule has 94 valence electrons. The second-order valence-corrected chi connectivity index (χ2v) is 4.60. The van der Waals surface area contributed by atoms with Gasteiger partial charge in [0.15, 0.2) is 0 Å². The molecule has 1 saturated heterocycles. The fourth-order valence-corrected chi connectivity index (χ4v) is 2.36. The minimum atomic E-state index is 0.119. The normalized spacial score (nSPS) is 17.4. The average molecular weight is 236 g/mol. The number of amides is 1. The van der Waals surface area contributed by atoms with Gasteiger partial charge in [0, 0.05) is 32.4 Å². The maximum absolute atomic E-state index is 12.3. The lowest BCUT2D eigenvalue weighted by Gasteiger charge is -2.31. The average Bonchev–Trinajstić information content (AvgIpc) is 2.86. The van der Waals surface area contributed by atoms with Crippen molar-refractivity contribution < 1.29 is 9.90 Å². The van der Waals surface area contributed by atoms with Crippen LogP contribution in [0.2, 0.25) is 0 Å². The van der Waals surface area contributed by atoms with E-state index in [4.69, 9.17) is 5.11 Å². The van der Waals surface area contributed by atoms with E-state index in [9.17, 15) is 4.79 Å². The summed E-state index contributed by atoms with van der Waals surface area (Å²) in [5.74, 6) is 0.491. The van der Waals surface area contributed by atoms with Gasteiger partial charge in [-0.2, -0.15) is 0 Å². The van der Waals surface area contributed by atoms with Gasteiger partial charge in [0.05, 0.1) is 0 Å². The molecular weight excluding hydrogens is 216 g/mol. The molecule has 1 fully saturated rings. The van der Waals surface area contributed by atoms with Gasteiger partial charge >= 0.3 is 0 Å². The Kier molecular flexibility index (Phi) is 3.84. The van der Waals surface area contributed by atoms with Gasteiger partial charge in [0.2, 0.25) is 0 Å². The summed E-state index contributed by atoms with van der Waals surface area (Å²) in [5, 5.41) is 9.07. The molecule has 0 bridgehead atoms. The Hall–Kier alpha value is -1.29. The summed E-state index contributed by atoms with van der Waals surface area (Å²) in [6.07, 6.45) is 3.76. The number of rotatable bonds is 3. The molecule has 0 atom stereocenters. The van der Waals surface area contributed by atoms with Crippen LogP contribution in [-0.4, -0.2) is 40.2 Å². The minimum absolute atomic E-state index is 0.119. The zero-order valence-electron chi connectivity index (χ0n) is 10.3. The molecule has 1 aromatic heterocycles. The molecule has 0 saturated carbocycles. The molecule has 1 N–H and O–H groups in total. The van der Waals surface area contributed by atoms with Gasteiger partial charge in [-0.25, -0.2) is 0 Å². The van der Waals surface area contributed by atoms with Gasteiger partial charge in [-0.05, 0) is 37.8 Å². The molecule has 1 amide bonds. The zero-order valence-corrected chi connectivity index (χ0v) is 10.3. The van der Waals surface area contributed by atoms with Crippen LogP contribution in [0, 0.1) is 5.92 Å². The van der Waals surface area contributed by atoms with Crippen LogP contribution in [-0.2, 0) is 6.54 Å². The van der Waals surface area contributed by atoms with Gasteiger partial charge in [0.1, 0.15) is 5.69 Å². The van der Waals surface area contributed by atoms with Crippen molar-refractivity contribution in [2.45, 2.75) is 26.3 Å². The van der Waals surface area contributed by atoms with Crippen molar-refractivity contribution in [3.63, 3.8) is 0 Å². The Morgan fingerprint density at radius 1 is 1.47 bits per heavy atom. The van der Waals surface area contributed by atoms with Crippen molar-refractivity contribution in [1.82, 2.24) is 9.47 Å². The minimum Gasteiger partial charge on any atom is -0.396 e. The fraction of sp³-hybridized carbons (Fsp3) is 0.615. The van der Waals surface area contributed by atoms with Crippen LogP contribution >= 0.6 is 0 Å². The molecule has 17 heavy (non-hydrogen) atoms. The molecule has 4 nitrogen and oxygen atoms in total. The molecule has 2 heterocycles. The summed E-state index contributed by atoms with van der Waals surface area (Å²) in [7, 11) is 0. The highest BCUT2D eigenvalue weighted by Gasteiger charge is 2.24. The fourth-order valence-electron chi connectivity index (χ4n) is 2.36. The molecule has 1 aromatic rings. The van der Waals surface area contributed by atoms with Crippen LogP contribution in [0.4, 0.5) is 0 Å². The first kappa shape index (κ1) is 12.2. The van der Waals surface area contributed by atoms with Crippen molar-refractivity contribution >= 4 is 5.91 Å². The summed E-state index contributed by atoms with van der Waals surface area (Å²) in [6.45, 7) is 4.63. The Bertz CT molecular complexity index is 379. The highest BCUT2D eigenvalue weighted by molar-refractivity contribution is 5.92. The number of aromatic nitrogens is 1. The molecule has 0 aromatic carbocycles. The van der Waals surface area contributed by atoms with E-state index in [2.05, 4.69) is 0 Å². The lowest BCUT2D eigenvalue weighted by atomic mass is 9.98. The van der Waals surface area contributed by atoms with Gasteiger partial charge < -0.3 is 14.6 Å². The number of carbonyl (C=O) groups is 1. The van der Waals surface area contributed by atoms with Crippen LogP contribution in [0.3, 0.4) is 0 Å². The van der Waals surface area contributed by atoms with E-state index in [0.717, 1.165) is 38.2 Å². The van der Waals surface area contributed by atoms with Crippen LogP contribution in [0.25, 0.3) is 0 Å². The van der Waals surface area contributed by atoms with Gasteiger partial charge in [0.25, 0.3) is 5.91 Å². The number of aliphatic hydroxyl groups is 1. The molecule has 0 aliphatic carbocycles. The largest absolute Gasteiger partial charge is 0.396 e. The van der Waals surface area contributed by atoms with Crippen LogP contribution in [0.15, 0.2) is 18.3 Å². The van der Waals surface area contributed by atoms with E-state index in [0.29, 0.717) is 5.92 Å². The Labute approximate surface area is 102 Å². The van der Waals surface area contributed by atoms with E-state index in [1.165, 1.54) is 0 Å². The quantitative estimate of drug-likeness (QED) is 0.861. The van der Waals surface area contributed by atoms with E-state index in [1.54, 1.807) is 0 Å². The Morgan fingerprint density at radius 2 is 2.18 bits per heavy atom. The number of carbonyl (C=O) groups excluding carboxylic acids is 1. The molecule has 0 unspecified atom stereocenters. The van der Waals surface area contributed by atoms with Crippen LogP contribution in [0.1, 0.15) is 30.3 Å². The standard InChI is InChI=1S/C13H20N2O2/c1-2-14-7-3-4-12(14)13(17)15-8-5-11(10-16)6-9-15/h3-4,7,11,16H,2,5-6,8-10H2,1H3. The summed E-state index contributed by atoms with van der Waals surface area (Å²) in [5.41, 5.74) is 0.773. The third-order valence-corrected chi connectivity index (χ3v) is 3.55. The number of piperidine rings is 1. The number of hydrogen-bond donors (Lipinski definition) is 1. The number of likely N-dealkylation sites (tertiary alicyclic amines) is 1. The van der Waals surface area contributed by atoms with Gasteiger partial charge in [-0.15, -0.1) is 0 Å². The maximum Gasteiger partial charge on any atom is 0.270 e. The summed E-state index contributed by atoms with van der Waals surface area (Å²) in [6, 6.07) is 3.79. The lowest BCUT2D eigenvalue weighted by Crippen LogP contribution is -2.39. The predicted octanol–water partition coefficient (Wildman–Crippen LogP) is 1.35. The number of nitrogens with zero attached hydrogens (tertiary/aromatic N) is 2. The Balaban J connectivity index is 2.02. The van der Waals surface area contributed by atoms with E-state index >= 15 is 0 Å². The Morgan fingerprint density at radius 3 is 2.76 bits per heavy atom. The van der Waals surface area contributed by atoms with E-state index < -0.39 is 0 Å². The van der Waals surface area contributed by atoms with Crippen LogP contribution < -0.4 is 0 Å². The zero-order chi connectivity index (χ0) is 12.3. The molecule has 0 spiro atoms. The first-order valence-electron chi connectivity index (χ1n) is 6.31. The second kappa shape index (κ2) is 5.36. The number of hydrogen-bond acceptors (Lipinski definition) is 2. The molecule has 4 heteroatoms. The maximum atomic E-state index is 12.3. The lowest BCUT2D eigenvalue weighted by molar-refractivity contribution is 0.0640. The van der Waals surface area contributed by atoms with Crippen molar-refractivity contribution in [1.29, 1.82) is 0 Å². The SMILES string of the molecule is CCn1cccc1C(=O)N1CCC(CO)CC1.